The Morgan fingerprint density at radius 3 is 2.72 bits per heavy atom. The van der Waals surface area contributed by atoms with Crippen LogP contribution in [0.1, 0.15) is 31.4 Å². The van der Waals surface area contributed by atoms with Crippen LogP contribution in [0.3, 0.4) is 0 Å². The number of methoxy groups -OCH3 is 1. The van der Waals surface area contributed by atoms with Gasteiger partial charge in [0.25, 0.3) is 0 Å². The molecule has 0 bridgehead atoms. The van der Waals surface area contributed by atoms with E-state index in [2.05, 4.69) is 10.6 Å². The Bertz CT molecular complexity index is 677. The number of rotatable bonds is 5. The fourth-order valence-corrected chi connectivity index (χ4v) is 3.03. The van der Waals surface area contributed by atoms with E-state index in [1.165, 1.54) is 0 Å². The van der Waals surface area contributed by atoms with E-state index in [-0.39, 0.29) is 18.7 Å². The normalized spacial score (nSPS) is 23.0. The molecule has 7 nitrogen and oxygen atoms in total. The van der Waals surface area contributed by atoms with Crippen molar-refractivity contribution in [3.63, 3.8) is 0 Å². The molecule has 1 fully saturated rings. The van der Waals surface area contributed by atoms with Gasteiger partial charge in [-0.1, -0.05) is 12.1 Å². The van der Waals surface area contributed by atoms with Crippen molar-refractivity contribution in [1.29, 1.82) is 0 Å². The second-order valence-corrected chi connectivity index (χ2v) is 6.08. The largest absolute Gasteiger partial charge is 0.497 e. The zero-order chi connectivity index (χ0) is 17.8. The molecular formula is C18H22N2O5. The van der Waals surface area contributed by atoms with Crippen LogP contribution in [0.4, 0.5) is 4.79 Å². The Balaban J connectivity index is 1.79. The second-order valence-electron chi connectivity index (χ2n) is 6.08. The number of amides is 2. The first-order chi connectivity index (χ1) is 12.1. The molecule has 0 aromatic heterocycles. The first kappa shape index (κ1) is 17.3. The minimum absolute atomic E-state index is 0.0459. The minimum Gasteiger partial charge on any atom is -0.497 e. The van der Waals surface area contributed by atoms with Gasteiger partial charge < -0.3 is 24.8 Å². The number of hydrogen-bond donors (Lipinski definition) is 2. The smallest absolute Gasteiger partial charge is 0.338 e. The average Bonchev–Trinajstić information content (AvgIpc) is 3.12. The van der Waals surface area contributed by atoms with Crippen molar-refractivity contribution in [2.75, 3.05) is 20.3 Å². The number of carbonyl (C=O) groups is 2. The average molecular weight is 346 g/mol. The van der Waals surface area contributed by atoms with E-state index < -0.39 is 12.0 Å². The van der Waals surface area contributed by atoms with E-state index in [9.17, 15) is 9.59 Å². The Morgan fingerprint density at radius 1 is 1.32 bits per heavy atom. The van der Waals surface area contributed by atoms with Gasteiger partial charge in [-0.2, -0.15) is 0 Å². The van der Waals surface area contributed by atoms with Crippen LogP contribution in [-0.2, 0) is 14.3 Å². The SMILES string of the molecule is COc1ccc(C2NC(=O)NC(C)=C2C(=O)OCC2CCCO2)cc1. The van der Waals surface area contributed by atoms with Crippen LogP contribution in [0.15, 0.2) is 35.5 Å². The van der Waals surface area contributed by atoms with E-state index in [0.717, 1.165) is 18.4 Å². The topological polar surface area (TPSA) is 85.9 Å². The van der Waals surface area contributed by atoms with Crippen LogP contribution in [0.2, 0.25) is 0 Å². The minimum atomic E-state index is -0.573. The number of esters is 1. The molecule has 1 saturated heterocycles. The lowest BCUT2D eigenvalue weighted by Crippen LogP contribution is -2.45. The Morgan fingerprint density at radius 2 is 2.08 bits per heavy atom. The molecule has 1 aromatic carbocycles. The third kappa shape index (κ3) is 3.93. The lowest BCUT2D eigenvalue weighted by Gasteiger charge is -2.28. The van der Waals surface area contributed by atoms with Crippen molar-refractivity contribution in [2.45, 2.75) is 31.9 Å². The molecule has 7 heteroatoms. The third-order valence-corrected chi connectivity index (χ3v) is 4.36. The molecule has 134 valence electrons. The maximum atomic E-state index is 12.6. The highest BCUT2D eigenvalue weighted by Crippen LogP contribution is 2.29. The molecule has 2 aliphatic rings. The summed E-state index contributed by atoms with van der Waals surface area (Å²) in [7, 11) is 1.58. The van der Waals surface area contributed by atoms with Gasteiger partial charge in [0.1, 0.15) is 12.4 Å². The van der Waals surface area contributed by atoms with Gasteiger partial charge in [0, 0.05) is 12.3 Å². The van der Waals surface area contributed by atoms with E-state index in [1.807, 2.05) is 12.1 Å². The van der Waals surface area contributed by atoms with Gasteiger partial charge in [-0.25, -0.2) is 9.59 Å². The summed E-state index contributed by atoms with van der Waals surface area (Å²) in [5.41, 5.74) is 1.66. The quantitative estimate of drug-likeness (QED) is 0.797. The monoisotopic (exact) mass is 346 g/mol. The highest BCUT2D eigenvalue weighted by Gasteiger charge is 2.32. The summed E-state index contributed by atoms with van der Waals surface area (Å²) in [6.45, 7) is 2.62. The number of hydrogen-bond acceptors (Lipinski definition) is 5. The van der Waals surface area contributed by atoms with Crippen molar-refractivity contribution in [3.8, 4) is 5.75 Å². The van der Waals surface area contributed by atoms with Gasteiger partial charge >= 0.3 is 12.0 Å². The van der Waals surface area contributed by atoms with Crippen molar-refractivity contribution >= 4 is 12.0 Å². The summed E-state index contributed by atoms with van der Waals surface area (Å²) >= 11 is 0. The van der Waals surface area contributed by atoms with Gasteiger partial charge in [-0.05, 0) is 37.5 Å². The number of allylic oxidation sites excluding steroid dienone is 1. The molecule has 2 atom stereocenters. The summed E-state index contributed by atoms with van der Waals surface area (Å²) in [5, 5.41) is 5.41. The Hall–Kier alpha value is -2.54. The van der Waals surface area contributed by atoms with Gasteiger partial charge in [0.15, 0.2) is 0 Å². The molecule has 2 unspecified atom stereocenters. The predicted octanol–water partition coefficient (Wildman–Crippen LogP) is 2.05. The van der Waals surface area contributed by atoms with Crippen LogP contribution < -0.4 is 15.4 Å². The van der Waals surface area contributed by atoms with Gasteiger partial charge in [-0.3, -0.25) is 0 Å². The summed E-state index contributed by atoms with van der Waals surface area (Å²) in [4.78, 5) is 24.5. The molecule has 0 aliphatic carbocycles. The molecular weight excluding hydrogens is 324 g/mol. The van der Waals surface area contributed by atoms with E-state index >= 15 is 0 Å². The molecule has 3 rings (SSSR count). The van der Waals surface area contributed by atoms with E-state index in [0.29, 0.717) is 23.6 Å². The zero-order valence-electron chi connectivity index (χ0n) is 14.3. The molecule has 0 saturated carbocycles. The molecule has 2 heterocycles. The van der Waals surface area contributed by atoms with Gasteiger partial charge in [0.2, 0.25) is 0 Å². The highest BCUT2D eigenvalue weighted by atomic mass is 16.6. The molecule has 0 spiro atoms. The number of carbonyl (C=O) groups excluding carboxylic acids is 2. The lowest BCUT2D eigenvalue weighted by atomic mass is 9.95. The van der Waals surface area contributed by atoms with Crippen LogP contribution in [-0.4, -0.2) is 38.4 Å². The predicted molar refractivity (Wildman–Crippen MR) is 90.0 cm³/mol. The number of urea groups is 1. The third-order valence-electron chi connectivity index (χ3n) is 4.36. The standard InChI is InChI=1S/C18H22N2O5/c1-11-15(17(21)25-10-14-4-3-9-24-14)16(20-18(22)19-11)12-5-7-13(23-2)8-6-12/h5-8,14,16H,3-4,9-10H2,1-2H3,(H2,19,20,22). The van der Waals surface area contributed by atoms with Crippen LogP contribution in [0.25, 0.3) is 0 Å². The molecule has 0 radical (unpaired) electrons. The molecule has 2 aliphatic heterocycles. The van der Waals surface area contributed by atoms with Crippen LogP contribution in [0.5, 0.6) is 5.75 Å². The van der Waals surface area contributed by atoms with Crippen molar-refractivity contribution in [3.05, 3.63) is 41.1 Å². The van der Waals surface area contributed by atoms with Crippen molar-refractivity contribution in [2.24, 2.45) is 0 Å². The Labute approximate surface area is 146 Å². The first-order valence-corrected chi connectivity index (χ1v) is 8.29. The molecule has 2 N–H and O–H groups in total. The van der Waals surface area contributed by atoms with Gasteiger partial charge in [-0.15, -0.1) is 0 Å². The first-order valence-electron chi connectivity index (χ1n) is 8.29. The molecule has 1 aromatic rings. The number of ether oxygens (including phenoxy) is 3. The summed E-state index contributed by atoms with van der Waals surface area (Å²) < 4.78 is 16.1. The Kier molecular flexibility index (Phi) is 5.23. The van der Waals surface area contributed by atoms with Crippen LogP contribution >= 0.6 is 0 Å². The summed E-state index contributed by atoms with van der Waals surface area (Å²) in [6, 6.07) is 6.28. The summed E-state index contributed by atoms with van der Waals surface area (Å²) in [5.74, 6) is 0.244. The van der Waals surface area contributed by atoms with E-state index in [4.69, 9.17) is 14.2 Å². The highest BCUT2D eigenvalue weighted by molar-refractivity contribution is 5.95. The second kappa shape index (κ2) is 7.57. The lowest BCUT2D eigenvalue weighted by molar-refractivity contribution is -0.142. The molecule has 2 amide bonds. The number of nitrogens with one attached hydrogen (secondary N) is 2. The zero-order valence-corrected chi connectivity index (χ0v) is 14.3. The fourth-order valence-electron chi connectivity index (χ4n) is 3.03. The van der Waals surface area contributed by atoms with Gasteiger partial charge in [0.05, 0.1) is 24.8 Å². The summed E-state index contributed by atoms with van der Waals surface area (Å²) in [6.07, 6.45) is 1.83. The fraction of sp³-hybridized carbons (Fsp3) is 0.444. The van der Waals surface area contributed by atoms with Crippen molar-refractivity contribution in [1.82, 2.24) is 10.6 Å². The van der Waals surface area contributed by atoms with Crippen LogP contribution in [0, 0.1) is 0 Å². The molecule has 25 heavy (non-hydrogen) atoms. The number of benzene rings is 1. The van der Waals surface area contributed by atoms with E-state index in [1.54, 1.807) is 26.2 Å². The van der Waals surface area contributed by atoms with Crippen molar-refractivity contribution < 1.29 is 23.8 Å². The maximum Gasteiger partial charge on any atom is 0.338 e. The maximum absolute atomic E-state index is 12.6.